The molecule has 2 unspecified atom stereocenters. The second kappa shape index (κ2) is 2.19. The first-order valence-corrected chi connectivity index (χ1v) is 3.74. The van der Waals surface area contributed by atoms with Crippen LogP contribution in [0.2, 0.25) is 0 Å². The van der Waals surface area contributed by atoms with Crippen LogP contribution in [0.25, 0.3) is 0 Å². The van der Waals surface area contributed by atoms with Crippen LogP contribution in [-0.2, 0) is 9.53 Å². The minimum Gasteiger partial charge on any atom is -0.367 e. The van der Waals surface area contributed by atoms with Gasteiger partial charge in [0.2, 0.25) is 0 Å². The van der Waals surface area contributed by atoms with Gasteiger partial charge in [0.05, 0.1) is 17.5 Å². The van der Waals surface area contributed by atoms with Crippen molar-refractivity contribution in [3.05, 3.63) is 0 Å². The Morgan fingerprint density at radius 3 is 3.20 bits per heavy atom. The first kappa shape index (κ1) is 6.58. The molecular weight excluding hydrogens is 154 g/mol. The van der Waals surface area contributed by atoms with Gasteiger partial charge in [0.25, 0.3) is 0 Å². The monoisotopic (exact) mass is 161 g/mol. The third-order valence-corrected chi connectivity index (χ3v) is 2.39. The molecule has 0 amide bonds. The summed E-state index contributed by atoms with van der Waals surface area (Å²) >= 11 is 5.84. The minimum absolute atomic E-state index is 0.0311. The van der Waals surface area contributed by atoms with Gasteiger partial charge in [-0.15, -0.1) is 11.6 Å². The van der Waals surface area contributed by atoms with Crippen LogP contribution in [0, 0.1) is 0 Å². The molecule has 0 radical (unpaired) electrons. The van der Waals surface area contributed by atoms with Gasteiger partial charge in [-0.3, -0.25) is 4.79 Å². The molecule has 0 aromatic carbocycles. The molecule has 4 heteroatoms. The fourth-order valence-corrected chi connectivity index (χ4v) is 1.75. The number of nitrogens with one attached hydrogen (secondary N) is 1. The largest absolute Gasteiger partial charge is 0.367 e. The number of ketones is 1. The van der Waals surface area contributed by atoms with E-state index >= 15 is 0 Å². The highest BCUT2D eigenvalue weighted by Crippen LogP contribution is 2.22. The van der Waals surface area contributed by atoms with Crippen molar-refractivity contribution in [1.29, 1.82) is 0 Å². The maximum Gasteiger partial charge on any atom is 0.178 e. The van der Waals surface area contributed by atoms with Gasteiger partial charge in [0, 0.05) is 6.54 Å². The second-order valence-corrected chi connectivity index (χ2v) is 3.20. The molecule has 0 saturated carbocycles. The van der Waals surface area contributed by atoms with Crippen molar-refractivity contribution in [3.63, 3.8) is 0 Å². The van der Waals surface area contributed by atoms with Crippen molar-refractivity contribution >= 4 is 17.4 Å². The Morgan fingerprint density at radius 1 is 1.70 bits per heavy atom. The number of carbonyl (C=O) groups excluding carboxylic acids is 1. The molecule has 0 spiro atoms. The van der Waals surface area contributed by atoms with E-state index in [0.29, 0.717) is 6.54 Å². The van der Waals surface area contributed by atoms with E-state index < -0.39 is 0 Å². The summed E-state index contributed by atoms with van der Waals surface area (Å²) in [5.74, 6) is 0.133. The fraction of sp³-hybridized carbons (Fsp3) is 0.833. The van der Waals surface area contributed by atoms with Crippen LogP contribution in [0.3, 0.4) is 0 Å². The van der Waals surface area contributed by atoms with Crippen LogP contribution < -0.4 is 5.32 Å². The topological polar surface area (TPSA) is 38.3 Å². The van der Waals surface area contributed by atoms with Crippen molar-refractivity contribution < 1.29 is 9.53 Å². The minimum atomic E-state index is -0.123. The zero-order valence-electron chi connectivity index (χ0n) is 5.34. The van der Waals surface area contributed by atoms with E-state index in [9.17, 15) is 4.79 Å². The molecule has 0 aromatic heterocycles. The van der Waals surface area contributed by atoms with E-state index in [4.69, 9.17) is 16.3 Å². The van der Waals surface area contributed by atoms with E-state index in [1.54, 1.807) is 0 Å². The van der Waals surface area contributed by atoms with Gasteiger partial charge >= 0.3 is 0 Å². The number of fused-ring (bicyclic) bond motifs is 1. The SMILES string of the molecule is O=C1COC2C1NC[C@@H]2Cl. The third-order valence-electron chi connectivity index (χ3n) is 1.98. The summed E-state index contributed by atoms with van der Waals surface area (Å²) in [6.07, 6.45) is -0.0748. The Labute approximate surface area is 63.7 Å². The van der Waals surface area contributed by atoms with Gasteiger partial charge in [-0.1, -0.05) is 0 Å². The summed E-state index contributed by atoms with van der Waals surface area (Å²) in [5, 5.41) is 2.98. The third kappa shape index (κ3) is 0.779. The molecule has 2 rings (SSSR count). The van der Waals surface area contributed by atoms with Gasteiger partial charge in [0.15, 0.2) is 5.78 Å². The molecule has 0 bridgehead atoms. The van der Waals surface area contributed by atoms with Gasteiger partial charge in [-0.2, -0.15) is 0 Å². The zero-order chi connectivity index (χ0) is 7.14. The van der Waals surface area contributed by atoms with Crippen molar-refractivity contribution in [2.75, 3.05) is 13.2 Å². The van der Waals surface area contributed by atoms with Crippen LogP contribution in [-0.4, -0.2) is 36.5 Å². The van der Waals surface area contributed by atoms with E-state index in [1.165, 1.54) is 0 Å². The summed E-state index contributed by atoms with van der Waals surface area (Å²) in [6.45, 7) is 0.911. The molecule has 2 aliphatic rings. The second-order valence-electron chi connectivity index (χ2n) is 2.64. The molecule has 1 N–H and O–H groups in total. The smallest absolute Gasteiger partial charge is 0.178 e. The Kier molecular flexibility index (Phi) is 1.44. The summed E-state index contributed by atoms with van der Waals surface area (Å²) in [5.41, 5.74) is 0. The van der Waals surface area contributed by atoms with Crippen molar-refractivity contribution in [3.8, 4) is 0 Å². The molecule has 3 nitrogen and oxygen atoms in total. The summed E-state index contributed by atoms with van der Waals surface area (Å²) < 4.78 is 5.16. The Hall–Kier alpha value is -0.120. The molecule has 0 aromatic rings. The number of hydrogen-bond donors (Lipinski definition) is 1. The Balaban J connectivity index is 2.16. The number of halogens is 1. The average Bonchev–Trinajstić information content (AvgIpc) is 2.41. The first-order chi connectivity index (χ1) is 4.79. The van der Waals surface area contributed by atoms with Gasteiger partial charge in [-0.05, 0) is 0 Å². The molecule has 10 heavy (non-hydrogen) atoms. The van der Waals surface area contributed by atoms with E-state index in [2.05, 4.69) is 5.32 Å². The lowest BCUT2D eigenvalue weighted by Gasteiger charge is -2.07. The standard InChI is InChI=1S/C6H8ClNO2/c7-3-1-8-5-4(9)2-10-6(3)5/h3,5-6,8H,1-2H2/t3-,5?,6?/m0/s1. The quantitative estimate of drug-likeness (QED) is 0.489. The first-order valence-electron chi connectivity index (χ1n) is 3.31. The van der Waals surface area contributed by atoms with Crippen LogP contribution in [0.5, 0.6) is 0 Å². The number of alkyl halides is 1. The number of rotatable bonds is 0. The maximum absolute atomic E-state index is 11.0. The van der Waals surface area contributed by atoms with Crippen LogP contribution >= 0.6 is 11.6 Å². The van der Waals surface area contributed by atoms with Gasteiger partial charge < -0.3 is 10.1 Å². The number of Topliss-reactive ketones (excluding diaryl/α,β-unsaturated/α-hetero) is 1. The lowest BCUT2D eigenvalue weighted by Crippen LogP contribution is -2.33. The average molecular weight is 162 g/mol. The highest BCUT2D eigenvalue weighted by molar-refractivity contribution is 6.22. The molecule has 2 heterocycles. The summed E-state index contributed by atoms with van der Waals surface area (Å²) in [4.78, 5) is 11.0. The molecular formula is C6H8ClNO2. The highest BCUT2D eigenvalue weighted by atomic mass is 35.5. The number of carbonyl (C=O) groups is 1. The van der Waals surface area contributed by atoms with E-state index in [1.807, 2.05) is 0 Å². The lowest BCUT2D eigenvalue weighted by molar-refractivity contribution is -0.119. The highest BCUT2D eigenvalue weighted by Gasteiger charge is 2.44. The van der Waals surface area contributed by atoms with Crippen molar-refractivity contribution in [2.45, 2.75) is 17.5 Å². The molecule has 0 aliphatic carbocycles. The van der Waals surface area contributed by atoms with E-state index in [0.717, 1.165) is 0 Å². The van der Waals surface area contributed by atoms with Crippen LogP contribution in [0.4, 0.5) is 0 Å². The molecule has 56 valence electrons. The molecule has 2 aliphatic heterocycles. The van der Waals surface area contributed by atoms with Crippen LogP contribution in [0.15, 0.2) is 0 Å². The molecule has 2 fully saturated rings. The molecule has 2 saturated heterocycles. The fourth-order valence-electron chi connectivity index (χ4n) is 1.45. The lowest BCUT2D eigenvalue weighted by atomic mass is 10.1. The number of hydrogen-bond acceptors (Lipinski definition) is 3. The summed E-state index contributed by atoms with van der Waals surface area (Å²) in [6, 6.07) is -0.123. The Morgan fingerprint density at radius 2 is 2.50 bits per heavy atom. The van der Waals surface area contributed by atoms with Gasteiger partial charge in [-0.25, -0.2) is 0 Å². The predicted octanol–water partition coefficient (Wildman–Crippen LogP) is -0.466. The van der Waals surface area contributed by atoms with E-state index in [-0.39, 0.29) is 29.9 Å². The normalized spacial score (nSPS) is 46.1. The van der Waals surface area contributed by atoms with Crippen molar-refractivity contribution in [2.24, 2.45) is 0 Å². The number of ether oxygens (including phenoxy) is 1. The maximum atomic E-state index is 11.0. The predicted molar refractivity (Wildman–Crippen MR) is 36.2 cm³/mol. The van der Waals surface area contributed by atoms with Crippen LogP contribution in [0.1, 0.15) is 0 Å². The Bertz CT molecular complexity index is 173. The van der Waals surface area contributed by atoms with Crippen molar-refractivity contribution in [1.82, 2.24) is 5.32 Å². The summed E-state index contributed by atoms with van der Waals surface area (Å²) in [7, 11) is 0. The van der Waals surface area contributed by atoms with Gasteiger partial charge in [0.1, 0.15) is 6.61 Å². The zero-order valence-corrected chi connectivity index (χ0v) is 6.10. The molecule has 3 atom stereocenters.